The highest BCUT2D eigenvalue weighted by Gasteiger charge is 2.08. The molecule has 3 aromatic rings. The van der Waals surface area contributed by atoms with E-state index in [0.29, 0.717) is 12.1 Å². The Morgan fingerprint density at radius 2 is 1.90 bits per heavy atom. The molecule has 0 radical (unpaired) electrons. The van der Waals surface area contributed by atoms with Gasteiger partial charge in [0.2, 0.25) is 0 Å². The minimum absolute atomic E-state index is 0.0163. The minimum Gasteiger partial charge on any atom is -0.469 e. The Morgan fingerprint density at radius 1 is 1.07 bits per heavy atom. The molecule has 3 rings (SSSR count). The second kappa shape index (κ2) is 11.2. The largest absolute Gasteiger partial charge is 0.469 e. The van der Waals surface area contributed by atoms with Crippen LogP contribution in [0.15, 0.2) is 69.6 Å². The van der Waals surface area contributed by atoms with Crippen LogP contribution in [0.2, 0.25) is 0 Å². The molecule has 1 amide bonds. The van der Waals surface area contributed by atoms with E-state index in [1.165, 1.54) is 4.88 Å². The van der Waals surface area contributed by atoms with Gasteiger partial charge in [-0.1, -0.05) is 18.2 Å². The Bertz CT molecular complexity index is 934. The van der Waals surface area contributed by atoms with E-state index in [9.17, 15) is 4.79 Å². The molecule has 2 aromatic heterocycles. The van der Waals surface area contributed by atoms with Gasteiger partial charge in [0.25, 0.3) is 5.91 Å². The predicted molar refractivity (Wildman–Crippen MR) is 122 cm³/mol. The van der Waals surface area contributed by atoms with Gasteiger partial charge in [-0.25, -0.2) is 4.99 Å². The average molecular weight is 425 g/mol. The lowest BCUT2D eigenvalue weighted by Crippen LogP contribution is -2.39. The third-order valence-corrected chi connectivity index (χ3v) is 5.36. The summed E-state index contributed by atoms with van der Waals surface area (Å²) in [5.41, 5.74) is 1.82. The lowest BCUT2D eigenvalue weighted by Gasteiger charge is -2.13. The average Bonchev–Trinajstić information content (AvgIpc) is 3.45. The van der Waals surface area contributed by atoms with Gasteiger partial charge in [-0.05, 0) is 47.7 Å². The van der Waals surface area contributed by atoms with E-state index in [-0.39, 0.29) is 5.91 Å². The predicted octanol–water partition coefficient (Wildman–Crippen LogP) is 3.56. The van der Waals surface area contributed by atoms with Gasteiger partial charge in [-0.3, -0.25) is 4.79 Å². The van der Waals surface area contributed by atoms with E-state index in [0.717, 1.165) is 43.2 Å². The van der Waals surface area contributed by atoms with Gasteiger partial charge in [0, 0.05) is 44.0 Å². The molecular weight excluding hydrogens is 396 g/mol. The molecule has 0 atom stereocenters. The summed E-state index contributed by atoms with van der Waals surface area (Å²) in [7, 11) is 3.53. The van der Waals surface area contributed by atoms with Crippen molar-refractivity contribution >= 4 is 23.2 Å². The molecule has 0 saturated heterocycles. The molecule has 7 heteroatoms. The van der Waals surface area contributed by atoms with Crippen molar-refractivity contribution < 1.29 is 9.21 Å². The molecule has 0 aliphatic heterocycles. The molecule has 0 spiro atoms. The van der Waals surface area contributed by atoms with E-state index in [2.05, 4.69) is 22.1 Å². The fraction of sp³-hybridized carbons (Fsp3) is 0.304. The zero-order valence-corrected chi connectivity index (χ0v) is 18.2. The summed E-state index contributed by atoms with van der Waals surface area (Å²) in [5.74, 6) is 1.74. The van der Waals surface area contributed by atoms with Gasteiger partial charge in [0.05, 0.1) is 12.8 Å². The molecule has 158 valence electrons. The van der Waals surface area contributed by atoms with Gasteiger partial charge in [-0.15, -0.1) is 11.3 Å². The summed E-state index contributed by atoms with van der Waals surface area (Å²) in [6.07, 6.45) is 3.28. The number of thiophene rings is 1. The third-order valence-electron chi connectivity index (χ3n) is 4.50. The van der Waals surface area contributed by atoms with Crippen LogP contribution in [0.5, 0.6) is 0 Å². The Hall–Kier alpha value is -3.06. The molecule has 0 unspecified atom stereocenters. The Morgan fingerprint density at radius 3 is 2.60 bits per heavy atom. The Labute approximate surface area is 181 Å². The molecule has 6 nitrogen and oxygen atoms in total. The first-order chi connectivity index (χ1) is 14.6. The smallest absolute Gasteiger partial charge is 0.253 e. The summed E-state index contributed by atoms with van der Waals surface area (Å²) >= 11 is 1.70. The molecular formula is C23H28N4O2S. The Balaban J connectivity index is 1.55. The zero-order valence-electron chi connectivity index (χ0n) is 17.4. The number of benzene rings is 1. The number of rotatable bonds is 9. The SMILES string of the molecule is CN(C)C(=O)c1cccc(CCNC(=NCc2cccs2)NCCc2ccco2)c1. The van der Waals surface area contributed by atoms with Crippen LogP contribution < -0.4 is 10.6 Å². The number of aliphatic imine (C=N–C) groups is 1. The molecule has 0 bridgehead atoms. The molecule has 0 aliphatic rings. The van der Waals surface area contributed by atoms with Crippen LogP contribution in [0, 0.1) is 0 Å². The van der Waals surface area contributed by atoms with Crippen LogP contribution in [-0.4, -0.2) is 44.0 Å². The number of guanidine groups is 1. The first-order valence-electron chi connectivity index (χ1n) is 9.99. The highest BCUT2D eigenvalue weighted by molar-refractivity contribution is 7.09. The van der Waals surface area contributed by atoms with Crippen LogP contribution in [-0.2, 0) is 19.4 Å². The first-order valence-corrected chi connectivity index (χ1v) is 10.9. The van der Waals surface area contributed by atoms with Crippen LogP contribution in [0.3, 0.4) is 0 Å². The van der Waals surface area contributed by atoms with Crippen molar-refractivity contribution in [3.8, 4) is 0 Å². The number of carbonyl (C=O) groups excluding carboxylic acids is 1. The van der Waals surface area contributed by atoms with Crippen molar-refractivity contribution in [3.63, 3.8) is 0 Å². The van der Waals surface area contributed by atoms with Crippen LogP contribution in [0.25, 0.3) is 0 Å². The van der Waals surface area contributed by atoms with Crippen molar-refractivity contribution in [2.75, 3.05) is 27.2 Å². The van der Waals surface area contributed by atoms with Crippen molar-refractivity contribution in [1.29, 1.82) is 0 Å². The highest BCUT2D eigenvalue weighted by Crippen LogP contribution is 2.10. The number of furan rings is 1. The molecule has 1 aromatic carbocycles. The Kier molecular flexibility index (Phi) is 8.09. The van der Waals surface area contributed by atoms with E-state index in [1.54, 1.807) is 36.6 Å². The summed E-state index contributed by atoms with van der Waals surface area (Å²) < 4.78 is 5.39. The number of amides is 1. The first kappa shape index (κ1) is 21.6. The van der Waals surface area contributed by atoms with Gasteiger partial charge < -0.3 is 20.0 Å². The minimum atomic E-state index is 0.0163. The third kappa shape index (κ3) is 6.77. The summed E-state index contributed by atoms with van der Waals surface area (Å²) in [6.45, 7) is 2.09. The van der Waals surface area contributed by atoms with Gasteiger partial charge >= 0.3 is 0 Å². The topological polar surface area (TPSA) is 69.9 Å². The van der Waals surface area contributed by atoms with Gasteiger partial charge in [0.15, 0.2) is 5.96 Å². The molecule has 2 N–H and O–H groups in total. The van der Waals surface area contributed by atoms with Crippen molar-refractivity contribution in [2.45, 2.75) is 19.4 Å². The maximum Gasteiger partial charge on any atom is 0.253 e. The summed E-state index contributed by atoms with van der Waals surface area (Å²) in [5, 5.41) is 8.83. The monoisotopic (exact) mass is 424 g/mol. The zero-order chi connectivity index (χ0) is 21.2. The summed E-state index contributed by atoms with van der Waals surface area (Å²) in [6, 6.07) is 15.8. The number of carbonyl (C=O) groups is 1. The maximum atomic E-state index is 12.2. The van der Waals surface area contributed by atoms with E-state index >= 15 is 0 Å². The van der Waals surface area contributed by atoms with Gasteiger partial charge in [-0.2, -0.15) is 0 Å². The number of hydrogen-bond donors (Lipinski definition) is 2. The molecule has 0 fully saturated rings. The standard InChI is InChI=1S/C23H28N4O2S/c1-27(2)22(28)19-7-3-6-18(16-19)10-12-24-23(26-17-21-9-5-15-30-21)25-13-11-20-8-4-14-29-20/h3-9,14-16H,10-13,17H2,1-2H3,(H2,24,25,26). The summed E-state index contributed by atoms with van der Waals surface area (Å²) in [4.78, 5) is 19.7. The molecule has 30 heavy (non-hydrogen) atoms. The van der Waals surface area contributed by atoms with E-state index in [4.69, 9.17) is 9.41 Å². The lowest BCUT2D eigenvalue weighted by atomic mass is 10.1. The highest BCUT2D eigenvalue weighted by atomic mass is 32.1. The van der Waals surface area contributed by atoms with Crippen molar-refractivity contribution in [1.82, 2.24) is 15.5 Å². The van der Waals surface area contributed by atoms with Crippen LogP contribution in [0.1, 0.15) is 26.6 Å². The fourth-order valence-corrected chi connectivity index (χ4v) is 3.56. The second-order valence-corrected chi connectivity index (χ2v) is 8.11. The van der Waals surface area contributed by atoms with Crippen LogP contribution >= 0.6 is 11.3 Å². The van der Waals surface area contributed by atoms with Crippen molar-refractivity contribution in [3.05, 3.63) is 81.9 Å². The molecule has 2 heterocycles. The lowest BCUT2D eigenvalue weighted by molar-refractivity contribution is 0.0827. The quantitative estimate of drug-likeness (QED) is 0.407. The molecule has 0 aliphatic carbocycles. The number of hydrogen-bond acceptors (Lipinski definition) is 4. The van der Waals surface area contributed by atoms with Crippen LogP contribution in [0.4, 0.5) is 0 Å². The van der Waals surface area contributed by atoms with Crippen molar-refractivity contribution in [2.24, 2.45) is 4.99 Å². The fourth-order valence-electron chi connectivity index (χ4n) is 2.94. The number of nitrogens with zero attached hydrogens (tertiary/aromatic N) is 2. The second-order valence-electron chi connectivity index (χ2n) is 7.08. The normalized spacial score (nSPS) is 11.3. The molecule has 0 saturated carbocycles. The number of nitrogens with one attached hydrogen (secondary N) is 2. The van der Waals surface area contributed by atoms with E-state index < -0.39 is 0 Å². The van der Waals surface area contributed by atoms with Gasteiger partial charge in [0.1, 0.15) is 5.76 Å². The van der Waals surface area contributed by atoms with E-state index in [1.807, 2.05) is 42.5 Å². The maximum absolute atomic E-state index is 12.2.